The van der Waals surface area contributed by atoms with Gasteiger partial charge in [0.05, 0.1) is 10.9 Å². The molecule has 0 saturated heterocycles. The lowest BCUT2D eigenvalue weighted by Gasteiger charge is -2.31. The van der Waals surface area contributed by atoms with Crippen LogP contribution in [0, 0.1) is 0 Å². The molecule has 1 aliphatic rings. The molecule has 1 atom stereocenters. The van der Waals surface area contributed by atoms with E-state index in [9.17, 15) is 13.2 Å². The summed E-state index contributed by atoms with van der Waals surface area (Å²) in [5.41, 5.74) is 2.36. The third kappa shape index (κ3) is 3.66. The van der Waals surface area contributed by atoms with Gasteiger partial charge in [0.1, 0.15) is 0 Å². The van der Waals surface area contributed by atoms with Crippen molar-refractivity contribution >= 4 is 26.7 Å². The zero-order valence-electron chi connectivity index (χ0n) is 15.6. The first-order valence-electron chi connectivity index (χ1n) is 9.31. The summed E-state index contributed by atoms with van der Waals surface area (Å²) < 4.78 is 28.1. The van der Waals surface area contributed by atoms with Crippen molar-refractivity contribution in [2.45, 2.75) is 30.8 Å². The van der Waals surface area contributed by atoms with Gasteiger partial charge < -0.3 is 4.90 Å². The van der Waals surface area contributed by atoms with Crippen molar-refractivity contribution in [1.29, 1.82) is 0 Å². The van der Waals surface area contributed by atoms with E-state index in [1.54, 1.807) is 30.0 Å². The summed E-state index contributed by atoms with van der Waals surface area (Å²) in [6.45, 7) is 2.70. The molecule has 0 radical (unpaired) electrons. The first-order chi connectivity index (χ1) is 13.4. The van der Waals surface area contributed by atoms with Crippen molar-refractivity contribution in [2.24, 2.45) is 0 Å². The fourth-order valence-electron chi connectivity index (χ4n) is 3.64. The van der Waals surface area contributed by atoms with Crippen LogP contribution in [0.3, 0.4) is 0 Å². The SMILES string of the molecule is C[C@H](NS(=O)(=O)c1ccc2ccccc2c1)C(=O)N1CCc2ccccc2C1. The van der Waals surface area contributed by atoms with Gasteiger partial charge >= 0.3 is 0 Å². The highest BCUT2D eigenvalue weighted by molar-refractivity contribution is 7.89. The lowest BCUT2D eigenvalue weighted by molar-refractivity contribution is -0.133. The number of hydrogen-bond acceptors (Lipinski definition) is 3. The molecule has 144 valence electrons. The summed E-state index contributed by atoms with van der Waals surface area (Å²) in [6.07, 6.45) is 0.784. The van der Waals surface area contributed by atoms with Gasteiger partial charge in [-0.25, -0.2) is 8.42 Å². The van der Waals surface area contributed by atoms with E-state index in [1.807, 2.05) is 42.5 Å². The zero-order chi connectivity index (χ0) is 19.7. The van der Waals surface area contributed by atoms with E-state index in [4.69, 9.17) is 0 Å². The molecule has 5 nitrogen and oxygen atoms in total. The van der Waals surface area contributed by atoms with E-state index >= 15 is 0 Å². The highest BCUT2D eigenvalue weighted by atomic mass is 32.2. The molecular weight excluding hydrogens is 372 g/mol. The Morgan fingerprint density at radius 2 is 1.64 bits per heavy atom. The van der Waals surface area contributed by atoms with Crippen LogP contribution in [0.5, 0.6) is 0 Å². The summed E-state index contributed by atoms with van der Waals surface area (Å²) in [5, 5.41) is 1.81. The minimum atomic E-state index is -3.79. The smallest absolute Gasteiger partial charge is 0.241 e. The first kappa shape index (κ1) is 18.7. The van der Waals surface area contributed by atoms with Gasteiger partial charge in [0.25, 0.3) is 0 Å². The van der Waals surface area contributed by atoms with Crippen molar-refractivity contribution in [3.8, 4) is 0 Å². The number of nitrogens with zero attached hydrogens (tertiary/aromatic N) is 1. The van der Waals surface area contributed by atoms with Gasteiger partial charge in [-0.05, 0) is 47.4 Å². The second kappa shape index (κ2) is 7.37. The molecule has 1 aliphatic heterocycles. The molecule has 0 fully saturated rings. The Kier molecular flexibility index (Phi) is 4.91. The number of hydrogen-bond donors (Lipinski definition) is 1. The van der Waals surface area contributed by atoms with E-state index in [0.29, 0.717) is 13.1 Å². The molecule has 0 spiro atoms. The van der Waals surface area contributed by atoms with E-state index in [-0.39, 0.29) is 10.8 Å². The van der Waals surface area contributed by atoms with E-state index in [2.05, 4.69) is 10.8 Å². The van der Waals surface area contributed by atoms with Crippen LogP contribution in [0.25, 0.3) is 10.8 Å². The molecule has 0 aliphatic carbocycles. The highest BCUT2D eigenvalue weighted by Crippen LogP contribution is 2.21. The van der Waals surface area contributed by atoms with Crippen LogP contribution in [-0.2, 0) is 27.8 Å². The molecule has 0 saturated carbocycles. The van der Waals surface area contributed by atoms with Crippen LogP contribution < -0.4 is 4.72 Å². The molecule has 0 aromatic heterocycles. The first-order valence-corrected chi connectivity index (χ1v) is 10.8. The minimum Gasteiger partial charge on any atom is -0.337 e. The van der Waals surface area contributed by atoms with Crippen LogP contribution in [0.2, 0.25) is 0 Å². The van der Waals surface area contributed by atoms with Crippen LogP contribution in [0.4, 0.5) is 0 Å². The largest absolute Gasteiger partial charge is 0.337 e. The van der Waals surface area contributed by atoms with Gasteiger partial charge in [-0.3, -0.25) is 4.79 Å². The topological polar surface area (TPSA) is 66.5 Å². The fraction of sp³-hybridized carbons (Fsp3) is 0.227. The molecular formula is C22H22N2O3S. The molecule has 1 amide bonds. The Morgan fingerprint density at radius 1 is 0.964 bits per heavy atom. The molecule has 0 bridgehead atoms. The summed E-state index contributed by atoms with van der Waals surface area (Å²) >= 11 is 0. The molecule has 1 N–H and O–H groups in total. The quantitative estimate of drug-likeness (QED) is 0.739. The Hall–Kier alpha value is -2.70. The average molecular weight is 394 g/mol. The highest BCUT2D eigenvalue weighted by Gasteiger charge is 2.28. The molecule has 28 heavy (non-hydrogen) atoms. The number of carbonyl (C=O) groups is 1. The normalized spacial score (nSPS) is 15.2. The summed E-state index contributed by atoms with van der Waals surface area (Å²) in [4.78, 5) is 14.7. The third-order valence-electron chi connectivity index (χ3n) is 5.18. The number of nitrogens with one attached hydrogen (secondary N) is 1. The fourth-order valence-corrected chi connectivity index (χ4v) is 4.88. The summed E-state index contributed by atoms with van der Waals surface area (Å²) in [6, 6.07) is 19.8. The lowest BCUT2D eigenvalue weighted by Crippen LogP contribution is -2.48. The molecule has 3 aromatic rings. The van der Waals surface area contributed by atoms with Crippen molar-refractivity contribution < 1.29 is 13.2 Å². The Morgan fingerprint density at radius 3 is 2.43 bits per heavy atom. The average Bonchev–Trinajstić information content (AvgIpc) is 2.72. The molecule has 4 rings (SSSR count). The minimum absolute atomic E-state index is 0.162. The molecule has 1 heterocycles. The van der Waals surface area contributed by atoms with Crippen molar-refractivity contribution in [3.05, 3.63) is 77.9 Å². The summed E-state index contributed by atoms with van der Waals surface area (Å²) in [7, 11) is -3.79. The van der Waals surface area contributed by atoms with Crippen molar-refractivity contribution in [2.75, 3.05) is 6.54 Å². The molecule has 6 heteroatoms. The Balaban J connectivity index is 1.50. The number of rotatable bonds is 4. The number of carbonyl (C=O) groups excluding carboxylic acids is 1. The van der Waals surface area contributed by atoms with Gasteiger partial charge in [0.15, 0.2) is 0 Å². The van der Waals surface area contributed by atoms with E-state index in [1.165, 1.54) is 5.56 Å². The van der Waals surface area contributed by atoms with Crippen LogP contribution in [-0.4, -0.2) is 31.8 Å². The molecule has 0 unspecified atom stereocenters. The zero-order valence-corrected chi connectivity index (χ0v) is 16.4. The molecule has 3 aromatic carbocycles. The number of benzene rings is 3. The number of amides is 1. The van der Waals surface area contributed by atoms with Gasteiger partial charge in [-0.2, -0.15) is 4.72 Å². The summed E-state index contributed by atoms with van der Waals surface area (Å²) in [5.74, 6) is -0.209. The maximum absolute atomic E-state index is 12.8. The van der Waals surface area contributed by atoms with E-state index < -0.39 is 16.1 Å². The van der Waals surface area contributed by atoms with Gasteiger partial charge in [0.2, 0.25) is 15.9 Å². The standard InChI is InChI=1S/C22H22N2O3S/c1-16(22(25)24-13-12-18-7-3-5-9-20(18)15-24)23-28(26,27)21-11-10-17-6-2-4-8-19(17)14-21/h2-11,14,16,23H,12-13,15H2,1H3/t16-/m0/s1. The van der Waals surface area contributed by atoms with Crippen LogP contribution in [0.15, 0.2) is 71.6 Å². The van der Waals surface area contributed by atoms with Crippen LogP contribution >= 0.6 is 0 Å². The Labute approximate surface area is 165 Å². The van der Waals surface area contributed by atoms with Gasteiger partial charge in [0, 0.05) is 13.1 Å². The maximum atomic E-state index is 12.8. The maximum Gasteiger partial charge on any atom is 0.241 e. The second-order valence-electron chi connectivity index (χ2n) is 7.13. The van der Waals surface area contributed by atoms with Crippen LogP contribution in [0.1, 0.15) is 18.1 Å². The van der Waals surface area contributed by atoms with Gasteiger partial charge in [-0.15, -0.1) is 0 Å². The lowest BCUT2D eigenvalue weighted by atomic mass is 9.99. The monoisotopic (exact) mass is 394 g/mol. The van der Waals surface area contributed by atoms with E-state index in [0.717, 1.165) is 22.8 Å². The predicted octanol–water partition coefficient (Wildman–Crippen LogP) is 3.09. The second-order valence-corrected chi connectivity index (χ2v) is 8.84. The third-order valence-corrected chi connectivity index (χ3v) is 6.71. The van der Waals surface area contributed by atoms with Crippen molar-refractivity contribution in [3.63, 3.8) is 0 Å². The predicted molar refractivity (Wildman–Crippen MR) is 109 cm³/mol. The number of fused-ring (bicyclic) bond motifs is 2. The van der Waals surface area contributed by atoms with Gasteiger partial charge in [-0.1, -0.05) is 54.6 Å². The van der Waals surface area contributed by atoms with Crippen molar-refractivity contribution in [1.82, 2.24) is 9.62 Å². The number of sulfonamides is 1. The Bertz CT molecular complexity index is 1140.